The molecule has 0 spiro atoms. The number of carbonyl (C=O) groups excluding carboxylic acids is 1. The molecule has 26 heavy (non-hydrogen) atoms. The molecule has 0 aromatic carbocycles. The minimum Gasteiger partial charge on any atom is -0.379 e. The molecule has 1 aliphatic rings. The average Bonchev–Trinajstić information content (AvgIpc) is 3.07. The van der Waals surface area contributed by atoms with E-state index in [1.165, 1.54) is 11.3 Å². The molecule has 2 rings (SSSR count). The summed E-state index contributed by atoms with van der Waals surface area (Å²) in [5, 5.41) is 9.49. The minimum atomic E-state index is -0.0804. The van der Waals surface area contributed by atoms with E-state index in [2.05, 4.69) is 44.7 Å². The molecule has 1 aliphatic heterocycles. The number of aromatic nitrogens is 1. The summed E-state index contributed by atoms with van der Waals surface area (Å²) in [5.74, 6) is 0.651. The van der Waals surface area contributed by atoms with Crippen molar-refractivity contribution in [2.24, 2.45) is 4.99 Å². The Hall–Kier alpha value is -1.71. The Morgan fingerprint density at radius 1 is 1.31 bits per heavy atom. The molecule has 1 aromatic rings. The van der Waals surface area contributed by atoms with Gasteiger partial charge in [-0.25, -0.2) is 4.98 Å². The topological polar surface area (TPSA) is 90.9 Å². The predicted molar refractivity (Wildman–Crippen MR) is 105 cm³/mol. The van der Waals surface area contributed by atoms with Gasteiger partial charge in [-0.05, 0) is 20.8 Å². The Labute approximate surface area is 159 Å². The maximum absolute atomic E-state index is 12.0. The van der Waals surface area contributed by atoms with Crippen molar-refractivity contribution in [2.45, 2.75) is 26.3 Å². The van der Waals surface area contributed by atoms with Crippen LogP contribution in [0.3, 0.4) is 0 Å². The van der Waals surface area contributed by atoms with Gasteiger partial charge in [-0.2, -0.15) is 0 Å². The summed E-state index contributed by atoms with van der Waals surface area (Å²) in [7, 11) is 1.75. The van der Waals surface area contributed by atoms with Crippen LogP contribution in [0.2, 0.25) is 0 Å². The zero-order valence-electron chi connectivity index (χ0n) is 16.1. The number of thiazole rings is 1. The summed E-state index contributed by atoms with van der Waals surface area (Å²) in [4.78, 5) is 23.5. The van der Waals surface area contributed by atoms with Crippen molar-refractivity contribution in [2.75, 3.05) is 53.0 Å². The van der Waals surface area contributed by atoms with E-state index in [-0.39, 0.29) is 11.4 Å². The first-order chi connectivity index (χ1) is 12.4. The van der Waals surface area contributed by atoms with Crippen molar-refractivity contribution in [1.82, 2.24) is 25.8 Å². The zero-order valence-corrected chi connectivity index (χ0v) is 16.9. The van der Waals surface area contributed by atoms with E-state index in [1.807, 2.05) is 6.92 Å². The van der Waals surface area contributed by atoms with E-state index >= 15 is 0 Å². The highest BCUT2D eigenvalue weighted by Crippen LogP contribution is 2.15. The number of hydrogen-bond acceptors (Lipinski definition) is 6. The molecule has 8 nitrogen and oxygen atoms in total. The van der Waals surface area contributed by atoms with Crippen LogP contribution in [0.4, 0.5) is 0 Å². The van der Waals surface area contributed by atoms with Crippen molar-refractivity contribution < 1.29 is 9.53 Å². The molecule has 0 radical (unpaired) electrons. The molecule has 1 fully saturated rings. The van der Waals surface area contributed by atoms with Gasteiger partial charge in [0.05, 0.1) is 24.4 Å². The van der Waals surface area contributed by atoms with E-state index in [4.69, 9.17) is 4.74 Å². The number of carbonyl (C=O) groups is 1. The number of rotatable bonds is 7. The molecule has 146 valence electrons. The van der Waals surface area contributed by atoms with Crippen LogP contribution >= 0.6 is 11.3 Å². The Balaban J connectivity index is 1.69. The highest BCUT2D eigenvalue weighted by atomic mass is 32.1. The molecule has 2 heterocycles. The lowest BCUT2D eigenvalue weighted by Crippen LogP contribution is -2.56. The number of nitrogens with zero attached hydrogens (tertiary/aromatic N) is 3. The summed E-state index contributed by atoms with van der Waals surface area (Å²) in [6, 6.07) is 0. The van der Waals surface area contributed by atoms with Crippen LogP contribution in [0, 0.1) is 6.92 Å². The molecule has 0 atom stereocenters. The molecule has 1 aromatic heterocycles. The molecule has 0 aliphatic carbocycles. The summed E-state index contributed by atoms with van der Waals surface area (Å²) in [6.45, 7) is 11.6. The molecule has 1 amide bonds. The summed E-state index contributed by atoms with van der Waals surface area (Å²) in [6.07, 6.45) is 0. The number of amides is 1. The van der Waals surface area contributed by atoms with Gasteiger partial charge in [-0.15, -0.1) is 11.3 Å². The third kappa shape index (κ3) is 5.93. The second kappa shape index (κ2) is 9.84. The maximum Gasteiger partial charge on any atom is 0.263 e. The lowest BCUT2D eigenvalue weighted by atomic mass is 10.0. The van der Waals surface area contributed by atoms with Crippen LogP contribution in [0.15, 0.2) is 10.5 Å². The number of aryl methyl sites for hydroxylation is 1. The Morgan fingerprint density at radius 2 is 2.00 bits per heavy atom. The maximum atomic E-state index is 12.0. The van der Waals surface area contributed by atoms with Gasteiger partial charge in [0, 0.05) is 45.3 Å². The number of morpholine rings is 1. The van der Waals surface area contributed by atoms with Gasteiger partial charge in [0.25, 0.3) is 5.91 Å². The molecule has 3 N–H and O–H groups in total. The first-order valence-corrected chi connectivity index (χ1v) is 9.77. The van der Waals surface area contributed by atoms with Crippen LogP contribution in [0.25, 0.3) is 0 Å². The van der Waals surface area contributed by atoms with Gasteiger partial charge in [0.2, 0.25) is 0 Å². The third-order valence-corrected chi connectivity index (χ3v) is 5.36. The van der Waals surface area contributed by atoms with E-state index in [9.17, 15) is 4.79 Å². The van der Waals surface area contributed by atoms with Crippen molar-refractivity contribution >= 4 is 23.2 Å². The lowest BCUT2D eigenvalue weighted by Gasteiger charge is -2.41. The van der Waals surface area contributed by atoms with Crippen molar-refractivity contribution in [3.05, 3.63) is 16.1 Å². The third-order valence-electron chi connectivity index (χ3n) is 4.43. The van der Waals surface area contributed by atoms with Crippen LogP contribution in [0.5, 0.6) is 0 Å². The standard InChI is InChI=1S/C17H30N6O2S/c1-13-14(26-12-22-13)15(24)19-5-6-20-16(18-4)21-11-17(2,3)23-7-9-25-10-8-23/h12H,5-11H2,1-4H3,(H,19,24)(H2,18,20,21). The molecular weight excluding hydrogens is 352 g/mol. The minimum absolute atomic E-state index is 0.0132. The van der Waals surface area contributed by atoms with Crippen molar-refractivity contribution in [3.63, 3.8) is 0 Å². The second-order valence-corrected chi connectivity index (χ2v) is 7.64. The molecule has 1 saturated heterocycles. The van der Waals surface area contributed by atoms with Gasteiger partial charge in [0.15, 0.2) is 5.96 Å². The number of ether oxygens (including phenoxy) is 1. The highest BCUT2D eigenvalue weighted by molar-refractivity contribution is 7.11. The van der Waals surface area contributed by atoms with Gasteiger partial charge < -0.3 is 20.7 Å². The SMILES string of the molecule is CN=C(NCCNC(=O)c1scnc1C)NCC(C)(C)N1CCOCC1. The fourth-order valence-corrected chi connectivity index (χ4v) is 3.48. The van der Waals surface area contributed by atoms with Crippen LogP contribution in [-0.2, 0) is 4.74 Å². The van der Waals surface area contributed by atoms with Gasteiger partial charge in [-0.1, -0.05) is 0 Å². The first kappa shape index (κ1) is 20.6. The predicted octanol–water partition coefficient (Wildman–Crippen LogP) is 0.457. The number of aliphatic imine (C=N–C) groups is 1. The fraction of sp³-hybridized carbons (Fsp3) is 0.706. The lowest BCUT2D eigenvalue weighted by molar-refractivity contribution is -0.00833. The van der Waals surface area contributed by atoms with E-state index in [1.54, 1.807) is 12.6 Å². The Morgan fingerprint density at radius 3 is 2.62 bits per heavy atom. The molecule has 9 heteroatoms. The van der Waals surface area contributed by atoms with E-state index in [0.29, 0.717) is 18.0 Å². The molecule has 0 unspecified atom stereocenters. The van der Waals surface area contributed by atoms with Gasteiger partial charge >= 0.3 is 0 Å². The average molecular weight is 383 g/mol. The molecule has 0 bridgehead atoms. The summed E-state index contributed by atoms with van der Waals surface area (Å²) in [5.41, 5.74) is 2.47. The van der Waals surface area contributed by atoms with Crippen LogP contribution in [-0.4, -0.2) is 80.3 Å². The van der Waals surface area contributed by atoms with Crippen molar-refractivity contribution in [3.8, 4) is 0 Å². The first-order valence-electron chi connectivity index (χ1n) is 8.89. The number of hydrogen-bond donors (Lipinski definition) is 3. The van der Waals surface area contributed by atoms with Gasteiger partial charge in [0.1, 0.15) is 4.88 Å². The van der Waals surface area contributed by atoms with E-state index in [0.717, 1.165) is 44.5 Å². The normalized spacial score (nSPS) is 16.4. The summed E-state index contributed by atoms with van der Waals surface area (Å²) >= 11 is 1.36. The zero-order chi connectivity index (χ0) is 19.0. The molecule has 0 saturated carbocycles. The van der Waals surface area contributed by atoms with Crippen LogP contribution < -0.4 is 16.0 Å². The number of nitrogens with one attached hydrogen (secondary N) is 3. The second-order valence-electron chi connectivity index (χ2n) is 6.79. The smallest absolute Gasteiger partial charge is 0.263 e. The van der Waals surface area contributed by atoms with Crippen LogP contribution in [0.1, 0.15) is 29.2 Å². The quantitative estimate of drug-likeness (QED) is 0.361. The van der Waals surface area contributed by atoms with Crippen molar-refractivity contribution in [1.29, 1.82) is 0 Å². The number of guanidine groups is 1. The molecular formula is C17H30N6O2S. The largest absolute Gasteiger partial charge is 0.379 e. The van der Waals surface area contributed by atoms with E-state index < -0.39 is 0 Å². The summed E-state index contributed by atoms with van der Waals surface area (Å²) < 4.78 is 5.42. The fourth-order valence-electron chi connectivity index (χ4n) is 2.76. The highest BCUT2D eigenvalue weighted by Gasteiger charge is 2.28. The Bertz CT molecular complexity index is 610. The van der Waals surface area contributed by atoms with Gasteiger partial charge in [-0.3, -0.25) is 14.7 Å². The Kier molecular flexibility index (Phi) is 7.80. The monoisotopic (exact) mass is 382 g/mol.